The molecule has 2 heterocycles. The minimum absolute atomic E-state index is 0.116. The SMILES string of the molecule is CSC(C)C(=O)Nc1cc(S(=O)(=O)N2CCOCC2)ccc1N1CCCCCC1. The molecule has 0 aromatic heterocycles. The Morgan fingerprint density at radius 3 is 2.38 bits per heavy atom. The number of hydrogen-bond donors (Lipinski definition) is 1. The zero-order chi connectivity index (χ0) is 20.9. The van der Waals surface area contributed by atoms with Crippen LogP contribution in [0.3, 0.4) is 0 Å². The average molecular weight is 442 g/mol. The Balaban J connectivity index is 1.95. The molecule has 2 aliphatic rings. The summed E-state index contributed by atoms with van der Waals surface area (Å²) >= 11 is 1.46. The number of nitrogens with one attached hydrogen (secondary N) is 1. The van der Waals surface area contributed by atoms with Crippen LogP contribution in [0.1, 0.15) is 32.6 Å². The number of anilines is 2. The minimum atomic E-state index is -3.62. The molecule has 1 unspecified atom stereocenters. The van der Waals surface area contributed by atoms with E-state index in [9.17, 15) is 13.2 Å². The van der Waals surface area contributed by atoms with Crippen molar-refractivity contribution in [1.29, 1.82) is 0 Å². The van der Waals surface area contributed by atoms with Gasteiger partial charge in [0.25, 0.3) is 0 Å². The molecule has 7 nitrogen and oxygen atoms in total. The van der Waals surface area contributed by atoms with Gasteiger partial charge in [-0.05, 0) is 44.2 Å². The molecule has 0 radical (unpaired) electrons. The summed E-state index contributed by atoms with van der Waals surface area (Å²) in [6.45, 7) is 5.18. The predicted molar refractivity (Wildman–Crippen MR) is 118 cm³/mol. The van der Waals surface area contributed by atoms with Crippen LogP contribution in [0.15, 0.2) is 23.1 Å². The fourth-order valence-electron chi connectivity index (χ4n) is 3.64. The number of thioether (sulfide) groups is 1. The molecule has 1 N–H and O–H groups in total. The molecule has 2 saturated heterocycles. The number of sulfonamides is 1. The molecule has 1 aromatic carbocycles. The molecule has 3 rings (SSSR count). The highest BCUT2D eigenvalue weighted by molar-refractivity contribution is 7.99. The zero-order valence-corrected chi connectivity index (χ0v) is 18.9. The van der Waals surface area contributed by atoms with Gasteiger partial charge < -0.3 is 15.0 Å². The van der Waals surface area contributed by atoms with Crippen LogP contribution in [0.5, 0.6) is 0 Å². The first-order chi connectivity index (χ1) is 13.9. The molecule has 162 valence electrons. The summed E-state index contributed by atoms with van der Waals surface area (Å²) in [6, 6.07) is 5.13. The Morgan fingerprint density at radius 1 is 1.10 bits per heavy atom. The third-order valence-corrected chi connectivity index (χ3v) is 8.32. The maximum absolute atomic E-state index is 13.1. The molecule has 1 atom stereocenters. The van der Waals surface area contributed by atoms with Crippen LogP contribution in [0.4, 0.5) is 11.4 Å². The number of ether oxygens (including phenoxy) is 1. The van der Waals surface area contributed by atoms with E-state index in [1.54, 1.807) is 12.1 Å². The van der Waals surface area contributed by atoms with Crippen LogP contribution in [-0.2, 0) is 19.6 Å². The molecule has 1 aromatic rings. The van der Waals surface area contributed by atoms with E-state index in [1.807, 2.05) is 19.2 Å². The lowest BCUT2D eigenvalue weighted by molar-refractivity contribution is -0.115. The molecule has 2 fully saturated rings. The highest BCUT2D eigenvalue weighted by atomic mass is 32.2. The van der Waals surface area contributed by atoms with Crippen molar-refractivity contribution in [3.05, 3.63) is 18.2 Å². The Hall–Kier alpha value is -1.29. The lowest BCUT2D eigenvalue weighted by Gasteiger charge is -2.28. The number of benzene rings is 1. The van der Waals surface area contributed by atoms with Gasteiger partial charge in [0, 0.05) is 26.2 Å². The highest BCUT2D eigenvalue weighted by Crippen LogP contribution is 2.32. The van der Waals surface area contributed by atoms with Crippen molar-refractivity contribution in [2.24, 2.45) is 0 Å². The van der Waals surface area contributed by atoms with Gasteiger partial charge in [-0.1, -0.05) is 12.8 Å². The summed E-state index contributed by atoms with van der Waals surface area (Å²) < 4.78 is 32.9. The third kappa shape index (κ3) is 5.45. The van der Waals surface area contributed by atoms with Crippen LogP contribution in [0.25, 0.3) is 0 Å². The molecular formula is C20H31N3O4S2. The van der Waals surface area contributed by atoms with Gasteiger partial charge in [0.05, 0.1) is 34.7 Å². The Bertz CT molecular complexity index is 802. The van der Waals surface area contributed by atoms with Gasteiger partial charge >= 0.3 is 0 Å². The van der Waals surface area contributed by atoms with E-state index in [0.717, 1.165) is 31.6 Å². The summed E-state index contributed by atoms with van der Waals surface area (Å²) in [4.78, 5) is 15.1. The Morgan fingerprint density at radius 2 is 1.76 bits per heavy atom. The normalized spacial score (nSPS) is 20.1. The van der Waals surface area contributed by atoms with Gasteiger partial charge in [0.15, 0.2) is 0 Å². The molecule has 0 spiro atoms. The summed E-state index contributed by atoms with van der Waals surface area (Å²) in [7, 11) is -3.62. The van der Waals surface area contributed by atoms with E-state index >= 15 is 0 Å². The van der Waals surface area contributed by atoms with Crippen molar-refractivity contribution >= 4 is 39.1 Å². The van der Waals surface area contributed by atoms with Crippen molar-refractivity contribution in [2.45, 2.75) is 42.8 Å². The average Bonchev–Trinajstić information content (AvgIpc) is 3.03. The van der Waals surface area contributed by atoms with Gasteiger partial charge in [-0.15, -0.1) is 0 Å². The van der Waals surface area contributed by atoms with Gasteiger partial charge in [-0.3, -0.25) is 4.79 Å². The van der Waals surface area contributed by atoms with Gasteiger partial charge in [0.1, 0.15) is 0 Å². The van der Waals surface area contributed by atoms with Crippen molar-refractivity contribution < 1.29 is 17.9 Å². The first-order valence-electron chi connectivity index (χ1n) is 10.2. The summed E-state index contributed by atoms with van der Waals surface area (Å²) in [6.07, 6.45) is 6.49. The number of nitrogens with zero attached hydrogens (tertiary/aromatic N) is 2. The molecular weight excluding hydrogens is 410 g/mol. The number of carbonyl (C=O) groups is 1. The number of carbonyl (C=O) groups excluding carboxylic acids is 1. The summed E-state index contributed by atoms with van der Waals surface area (Å²) in [5, 5.41) is 2.77. The second-order valence-corrected chi connectivity index (χ2v) is 10.6. The van der Waals surface area contributed by atoms with Crippen molar-refractivity contribution in [3.63, 3.8) is 0 Å². The first-order valence-corrected chi connectivity index (χ1v) is 13.0. The van der Waals surface area contributed by atoms with E-state index in [-0.39, 0.29) is 16.1 Å². The Labute approximate surface area is 178 Å². The number of rotatable bonds is 6. The maximum atomic E-state index is 13.1. The van der Waals surface area contributed by atoms with E-state index in [0.29, 0.717) is 32.0 Å². The number of morpholine rings is 1. The molecule has 0 bridgehead atoms. The second kappa shape index (κ2) is 10.1. The van der Waals surface area contributed by atoms with E-state index in [1.165, 1.54) is 28.9 Å². The quantitative estimate of drug-likeness (QED) is 0.731. The fourth-order valence-corrected chi connectivity index (χ4v) is 5.35. The van der Waals surface area contributed by atoms with Crippen LogP contribution >= 0.6 is 11.8 Å². The van der Waals surface area contributed by atoms with Crippen LogP contribution in [-0.4, -0.2) is 69.5 Å². The highest BCUT2D eigenvalue weighted by Gasteiger charge is 2.28. The molecule has 9 heteroatoms. The minimum Gasteiger partial charge on any atom is -0.379 e. The van der Waals surface area contributed by atoms with Crippen LogP contribution in [0, 0.1) is 0 Å². The topological polar surface area (TPSA) is 79.0 Å². The fraction of sp³-hybridized carbons (Fsp3) is 0.650. The molecule has 29 heavy (non-hydrogen) atoms. The smallest absolute Gasteiger partial charge is 0.243 e. The number of hydrogen-bond acceptors (Lipinski definition) is 6. The van der Waals surface area contributed by atoms with Gasteiger partial charge in [0.2, 0.25) is 15.9 Å². The maximum Gasteiger partial charge on any atom is 0.243 e. The van der Waals surface area contributed by atoms with Crippen LogP contribution in [0.2, 0.25) is 0 Å². The van der Waals surface area contributed by atoms with Gasteiger partial charge in [-0.2, -0.15) is 16.1 Å². The summed E-state index contributed by atoms with van der Waals surface area (Å²) in [5.74, 6) is -0.116. The summed E-state index contributed by atoms with van der Waals surface area (Å²) in [5.41, 5.74) is 1.47. The molecule has 0 saturated carbocycles. The van der Waals surface area contributed by atoms with Crippen molar-refractivity contribution in [2.75, 3.05) is 55.9 Å². The van der Waals surface area contributed by atoms with E-state index in [4.69, 9.17) is 4.74 Å². The van der Waals surface area contributed by atoms with Crippen molar-refractivity contribution in [1.82, 2.24) is 4.31 Å². The van der Waals surface area contributed by atoms with Gasteiger partial charge in [-0.25, -0.2) is 8.42 Å². The van der Waals surface area contributed by atoms with Crippen molar-refractivity contribution in [3.8, 4) is 0 Å². The standard InChI is InChI=1S/C20H31N3O4S2/c1-16(28-2)20(24)21-18-15-17(29(25,26)23-11-13-27-14-12-23)7-8-19(18)22-9-5-3-4-6-10-22/h7-8,15-16H,3-6,9-14H2,1-2H3,(H,21,24). The zero-order valence-electron chi connectivity index (χ0n) is 17.2. The number of amides is 1. The lowest BCUT2D eigenvalue weighted by Crippen LogP contribution is -2.40. The molecule has 0 aliphatic carbocycles. The Kier molecular flexibility index (Phi) is 7.84. The molecule has 1 amide bonds. The van der Waals surface area contributed by atoms with E-state index < -0.39 is 10.0 Å². The van der Waals surface area contributed by atoms with Crippen LogP contribution < -0.4 is 10.2 Å². The largest absolute Gasteiger partial charge is 0.379 e. The molecule has 2 aliphatic heterocycles. The predicted octanol–water partition coefficient (Wildman–Crippen LogP) is 2.78. The lowest BCUT2D eigenvalue weighted by atomic mass is 10.2. The third-order valence-electron chi connectivity index (χ3n) is 5.50. The monoisotopic (exact) mass is 441 g/mol. The first kappa shape index (κ1) is 22.4. The second-order valence-electron chi connectivity index (χ2n) is 7.46. The van der Waals surface area contributed by atoms with E-state index in [2.05, 4.69) is 10.2 Å².